The quantitative estimate of drug-likeness (QED) is 0.671. The second kappa shape index (κ2) is 7.13. The highest BCUT2D eigenvalue weighted by molar-refractivity contribution is 6.01. The Morgan fingerprint density at radius 2 is 1.70 bits per heavy atom. The molecular formula is C13H16N2O5. The van der Waals surface area contributed by atoms with Gasteiger partial charge in [0.15, 0.2) is 5.78 Å². The molecule has 0 unspecified atom stereocenters. The van der Waals surface area contributed by atoms with Crippen LogP contribution in [-0.2, 0) is 9.47 Å². The number of Topliss-reactive ketones (excluding diaryl/α,β-unsaturated/α-hetero) is 1. The number of ketones is 1. The standard InChI is InChI=1S/C13H16N2O5/c1-9(11(16)10-7-5-4-6-8-10)15(13(18)20-3)14-12(17)19-2/h4-9H,1-3H3,(H,14,17)/t9-/m1/s1. The van der Waals surface area contributed by atoms with Gasteiger partial charge >= 0.3 is 12.2 Å². The zero-order chi connectivity index (χ0) is 15.1. The van der Waals surface area contributed by atoms with Gasteiger partial charge in [-0.1, -0.05) is 30.3 Å². The number of methoxy groups -OCH3 is 2. The van der Waals surface area contributed by atoms with Gasteiger partial charge < -0.3 is 9.47 Å². The molecule has 0 saturated heterocycles. The van der Waals surface area contributed by atoms with E-state index in [1.807, 2.05) is 0 Å². The number of hydrogen-bond donors (Lipinski definition) is 1. The summed E-state index contributed by atoms with van der Waals surface area (Å²) in [6.45, 7) is 1.47. The number of ether oxygens (including phenoxy) is 2. The number of carbonyl (C=O) groups is 3. The van der Waals surface area contributed by atoms with Gasteiger partial charge in [0.2, 0.25) is 0 Å². The molecule has 0 bridgehead atoms. The van der Waals surface area contributed by atoms with Gasteiger partial charge in [0, 0.05) is 5.56 Å². The fourth-order valence-corrected chi connectivity index (χ4v) is 1.50. The highest BCUT2D eigenvalue weighted by atomic mass is 16.6. The number of nitrogens with one attached hydrogen (secondary N) is 1. The highest BCUT2D eigenvalue weighted by Gasteiger charge is 2.29. The van der Waals surface area contributed by atoms with Crippen molar-refractivity contribution in [3.8, 4) is 0 Å². The van der Waals surface area contributed by atoms with Gasteiger partial charge in [-0.2, -0.15) is 0 Å². The monoisotopic (exact) mass is 280 g/mol. The third kappa shape index (κ3) is 3.71. The van der Waals surface area contributed by atoms with Gasteiger partial charge in [-0.05, 0) is 6.92 Å². The van der Waals surface area contributed by atoms with Crippen molar-refractivity contribution in [2.24, 2.45) is 0 Å². The topological polar surface area (TPSA) is 84.9 Å². The van der Waals surface area contributed by atoms with E-state index >= 15 is 0 Å². The largest absolute Gasteiger partial charge is 0.452 e. The molecule has 2 amide bonds. The number of nitrogens with zero attached hydrogens (tertiary/aromatic N) is 1. The summed E-state index contributed by atoms with van der Waals surface area (Å²) in [5.74, 6) is -0.340. The third-order valence-corrected chi connectivity index (χ3v) is 2.59. The lowest BCUT2D eigenvalue weighted by Gasteiger charge is -2.26. The maximum Gasteiger partial charge on any atom is 0.429 e. The number of carbonyl (C=O) groups excluding carboxylic acids is 3. The molecule has 7 nitrogen and oxygen atoms in total. The molecule has 1 rings (SSSR count). The van der Waals surface area contributed by atoms with E-state index in [2.05, 4.69) is 14.9 Å². The number of rotatable bonds is 3. The molecule has 0 spiro atoms. The average Bonchev–Trinajstić information content (AvgIpc) is 2.50. The zero-order valence-electron chi connectivity index (χ0n) is 11.5. The Morgan fingerprint density at radius 1 is 1.10 bits per heavy atom. The van der Waals surface area contributed by atoms with Crippen LogP contribution in [0.4, 0.5) is 9.59 Å². The molecule has 0 radical (unpaired) electrons. The summed E-state index contributed by atoms with van der Waals surface area (Å²) in [4.78, 5) is 35.1. The molecule has 0 heterocycles. The van der Waals surface area contributed by atoms with Crippen LogP contribution in [0.3, 0.4) is 0 Å². The van der Waals surface area contributed by atoms with Crippen molar-refractivity contribution in [2.75, 3.05) is 14.2 Å². The molecule has 1 aromatic carbocycles. The molecule has 0 saturated carbocycles. The van der Waals surface area contributed by atoms with Crippen LogP contribution in [0, 0.1) is 0 Å². The molecule has 1 N–H and O–H groups in total. The lowest BCUT2D eigenvalue weighted by atomic mass is 10.1. The first kappa shape index (κ1) is 15.5. The molecule has 0 aliphatic heterocycles. The smallest absolute Gasteiger partial charge is 0.429 e. The number of hydrazine groups is 1. The first-order valence-corrected chi connectivity index (χ1v) is 5.82. The Balaban J connectivity index is 2.92. The van der Waals surface area contributed by atoms with Crippen LogP contribution in [0.5, 0.6) is 0 Å². The Kier molecular flexibility index (Phi) is 5.52. The van der Waals surface area contributed by atoms with Crippen LogP contribution in [0.15, 0.2) is 30.3 Å². The van der Waals surface area contributed by atoms with E-state index in [-0.39, 0.29) is 5.78 Å². The minimum Gasteiger partial charge on any atom is -0.452 e. The van der Waals surface area contributed by atoms with Crippen molar-refractivity contribution in [3.05, 3.63) is 35.9 Å². The van der Waals surface area contributed by atoms with Gasteiger partial charge in [-0.3, -0.25) is 4.79 Å². The maximum atomic E-state index is 12.2. The molecule has 20 heavy (non-hydrogen) atoms. The fourth-order valence-electron chi connectivity index (χ4n) is 1.50. The molecule has 108 valence electrons. The minimum atomic E-state index is -0.941. The summed E-state index contributed by atoms with van der Waals surface area (Å²) in [6.07, 6.45) is -1.74. The molecule has 0 aliphatic rings. The summed E-state index contributed by atoms with van der Waals surface area (Å²) < 4.78 is 8.93. The SMILES string of the molecule is COC(=O)NN(C(=O)OC)[C@H](C)C(=O)c1ccccc1. The summed E-state index contributed by atoms with van der Waals surface area (Å²) in [5.41, 5.74) is 2.56. The molecular weight excluding hydrogens is 264 g/mol. The van der Waals surface area contributed by atoms with Crippen molar-refractivity contribution in [1.82, 2.24) is 10.4 Å². The van der Waals surface area contributed by atoms with Crippen molar-refractivity contribution in [1.29, 1.82) is 0 Å². The summed E-state index contributed by atoms with van der Waals surface area (Å²) in [7, 11) is 2.29. The normalized spacial score (nSPS) is 11.2. The van der Waals surface area contributed by atoms with Crippen LogP contribution >= 0.6 is 0 Å². The summed E-state index contributed by atoms with van der Waals surface area (Å²) in [5, 5.41) is 0.779. The maximum absolute atomic E-state index is 12.2. The number of hydrogen-bond acceptors (Lipinski definition) is 5. The molecule has 0 fully saturated rings. The van der Waals surface area contributed by atoms with E-state index in [9.17, 15) is 14.4 Å². The van der Waals surface area contributed by atoms with Crippen LogP contribution in [0.25, 0.3) is 0 Å². The molecule has 1 aromatic rings. The van der Waals surface area contributed by atoms with E-state index in [0.29, 0.717) is 5.56 Å². The van der Waals surface area contributed by atoms with Crippen molar-refractivity contribution in [3.63, 3.8) is 0 Å². The number of benzene rings is 1. The lowest BCUT2D eigenvalue weighted by Crippen LogP contribution is -2.53. The van der Waals surface area contributed by atoms with E-state index in [1.165, 1.54) is 6.92 Å². The van der Waals surface area contributed by atoms with Gasteiger partial charge in [0.25, 0.3) is 0 Å². The fraction of sp³-hybridized carbons (Fsp3) is 0.308. The number of amides is 2. The molecule has 0 aliphatic carbocycles. The Morgan fingerprint density at radius 3 is 2.20 bits per heavy atom. The van der Waals surface area contributed by atoms with Crippen LogP contribution in [0.2, 0.25) is 0 Å². The zero-order valence-corrected chi connectivity index (χ0v) is 11.5. The second-order valence-electron chi connectivity index (χ2n) is 3.85. The predicted octanol–water partition coefficient (Wildman–Crippen LogP) is 1.60. The van der Waals surface area contributed by atoms with Crippen molar-refractivity contribution in [2.45, 2.75) is 13.0 Å². The van der Waals surface area contributed by atoms with Gasteiger partial charge in [0.05, 0.1) is 14.2 Å². The van der Waals surface area contributed by atoms with Crippen LogP contribution < -0.4 is 5.43 Å². The third-order valence-electron chi connectivity index (χ3n) is 2.59. The van der Waals surface area contributed by atoms with Crippen LogP contribution in [0.1, 0.15) is 17.3 Å². The minimum absolute atomic E-state index is 0.340. The second-order valence-corrected chi connectivity index (χ2v) is 3.85. The average molecular weight is 280 g/mol. The summed E-state index contributed by atoms with van der Waals surface area (Å²) in [6, 6.07) is 7.47. The van der Waals surface area contributed by atoms with Crippen molar-refractivity contribution >= 4 is 18.0 Å². The van der Waals surface area contributed by atoms with Gasteiger partial charge in [-0.25, -0.2) is 20.0 Å². The first-order chi connectivity index (χ1) is 9.51. The molecule has 1 atom stereocenters. The Bertz CT molecular complexity index is 489. The Labute approximate surface area is 116 Å². The van der Waals surface area contributed by atoms with E-state index < -0.39 is 18.2 Å². The lowest BCUT2D eigenvalue weighted by molar-refractivity contribution is 0.0600. The van der Waals surface area contributed by atoms with Crippen LogP contribution in [-0.4, -0.2) is 43.2 Å². The molecule has 7 heteroatoms. The predicted molar refractivity (Wildman–Crippen MR) is 70.0 cm³/mol. The first-order valence-electron chi connectivity index (χ1n) is 5.82. The highest BCUT2D eigenvalue weighted by Crippen LogP contribution is 2.08. The Hall–Kier alpha value is -2.57. The van der Waals surface area contributed by atoms with Gasteiger partial charge in [-0.15, -0.1) is 0 Å². The van der Waals surface area contributed by atoms with E-state index in [1.54, 1.807) is 30.3 Å². The van der Waals surface area contributed by atoms with E-state index in [4.69, 9.17) is 0 Å². The van der Waals surface area contributed by atoms with Gasteiger partial charge in [0.1, 0.15) is 6.04 Å². The van der Waals surface area contributed by atoms with Crippen molar-refractivity contribution < 1.29 is 23.9 Å². The summed E-state index contributed by atoms with van der Waals surface area (Å²) >= 11 is 0. The van der Waals surface area contributed by atoms with E-state index in [0.717, 1.165) is 19.2 Å². The molecule has 0 aromatic heterocycles.